The monoisotopic (exact) mass is 625 g/mol. The van der Waals surface area contributed by atoms with Crippen LogP contribution in [0.15, 0.2) is 42.1 Å². The zero-order valence-electron chi connectivity index (χ0n) is 26.2. The predicted octanol–water partition coefficient (Wildman–Crippen LogP) is 4.89. The Morgan fingerprint density at radius 3 is 2.55 bits per heavy atom. The molecule has 4 aliphatic rings. The zero-order valence-corrected chi connectivity index (χ0v) is 27.0. The second kappa shape index (κ2) is 12.4. The molecule has 1 aromatic carbocycles. The van der Waals surface area contributed by atoms with Gasteiger partial charge < -0.3 is 19.8 Å². The molecule has 238 valence electrons. The summed E-state index contributed by atoms with van der Waals surface area (Å²) < 4.78 is 5.43. The number of hydrogen-bond acceptors (Lipinski definition) is 7. The van der Waals surface area contributed by atoms with Gasteiger partial charge in [-0.25, -0.2) is 0 Å². The van der Waals surface area contributed by atoms with Crippen LogP contribution in [0.3, 0.4) is 0 Å². The van der Waals surface area contributed by atoms with E-state index in [0.29, 0.717) is 43.2 Å². The van der Waals surface area contributed by atoms with Crippen LogP contribution in [0.5, 0.6) is 0 Å². The Morgan fingerprint density at radius 1 is 1.20 bits per heavy atom. The molecule has 0 radical (unpaired) electrons. The van der Waals surface area contributed by atoms with Crippen molar-refractivity contribution in [1.29, 1.82) is 0 Å². The van der Waals surface area contributed by atoms with Crippen LogP contribution < -0.4 is 5.32 Å². The van der Waals surface area contributed by atoms with Crippen LogP contribution in [-0.2, 0) is 28.8 Å². The van der Waals surface area contributed by atoms with Gasteiger partial charge in [-0.2, -0.15) is 0 Å². The van der Waals surface area contributed by atoms with E-state index in [2.05, 4.69) is 17.1 Å². The number of Topliss-reactive ketones (excluding diaryl/α,β-unsaturated/α-hetero) is 2. The van der Waals surface area contributed by atoms with Gasteiger partial charge in [0, 0.05) is 54.9 Å². The third kappa shape index (κ3) is 6.64. The number of rotatable bonds is 10. The molecule has 5 atom stereocenters. The van der Waals surface area contributed by atoms with Gasteiger partial charge in [0.05, 0.1) is 18.3 Å². The number of amides is 2. The Labute approximate surface area is 264 Å². The summed E-state index contributed by atoms with van der Waals surface area (Å²) in [7, 11) is 0. The molecular formula is C34H44ClN3O6. The molecule has 1 aromatic rings. The lowest BCUT2D eigenvalue weighted by molar-refractivity contribution is -0.144. The number of benzene rings is 1. The molecule has 44 heavy (non-hydrogen) atoms. The number of carbonyl (C=O) groups excluding carboxylic acids is 4. The average Bonchev–Trinajstić information content (AvgIpc) is 3.34. The lowest BCUT2D eigenvalue weighted by Gasteiger charge is -2.36. The van der Waals surface area contributed by atoms with Crippen molar-refractivity contribution < 1.29 is 28.8 Å². The van der Waals surface area contributed by atoms with Crippen LogP contribution in [0.25, 0.3) is 0 Å². The molecule has 2 saturated heterocycles. The maximum Gasteiger partial charge on any atom is 0.246 e. The minimum absolute atomic E-state index is 0.0296. The van der Waals surface area contributed by atoms with Gasteiger partial charge in [-0.05, 0) is 55.6 Å². The predicted molar refractivity (Wildman–Crippen MR) is 167 cm³/mol. The Morgan fingerprint density at radius 2 is 1.93 bits per heavy atom. The topological polar surface area (TPSA) is 114 Å². The van der Waals surface area contributed by atoms with Crippen molar-refractivity contribution in [2.45, 2.75) is 90.3 Å². The van der Waals surface area contributed by atoms with Gasteiger partial charge in [0.15, 0.2) is 11.4 Å². The standard InChI is InChI=1S/C34H44ClN3O6/c1-6-24-16-34(24,21(2)39)19-28(40)27-18-33(17-26(37-44-33)23-8-7-9-25(35)15-23)20-38(27)31(42)30(32(3,4)5)36-29(41)14-22-10-12-43-13-11-22/h6-9,15,22,24,27,30H,1,10-14,16-20H2,2-5H3,(H,36,41)/t24-,27+,30-,33-,34+/m1/s1. The fraction of sp³-hybridized carbons (Fsp3) is 0.618. The molecule has 3 fully saturated rings. The van der Waals surface area contributed by atoms with Crippen LogP contribution in [0.4, 0.5) is 0 Å². The van der Waals surface area contributed by atoms with Crippen molar-refractivity contribution in [1.82, 2.24) is 10.2 Å². The SMILES string of the molecule is C=C[C@@H]1C[C@]1(CC(=O)[C@@H]1C[C@]2(CC(c3cccc(Cl)c3)=NO2)CN1C(=O)[C@@H](NC(=O)CC1CCOCC1)C(C)(C)C)C(C)=O. The first kappa shape index (κ1) is 32.4. The number of allylic oxidation sites excluding steroid dienone is 1. The van der Waals surface area contributed by atoms with Crippen LogP contribution in [-0.4, -0.2) is 71.4 Å². The Balaban J connectivity index is 1.40. The van der Waals surface area contributed by atoms with E-state index in [1.165, 1.54) is 6.92 Å². The fourth-order valence-electron chi connectivity index (χ4n) is 7.06. The number of oxime groups is 1. The molecular weight excluding hydrogens is 582 g/mol. The molecule has 0 aromatic heterocycles. The van der Waals surface area contributed by atoms with Crippen molar-refractivity contribution in [2.24, 2.45) is 27.8 Å². The molecule has 0 unspecified atom stereocenters. The zero-order chi connectivity index (χ0) is 31.9. The van der Waals surface area contributed by atoms with Crippen molar-refractivity contribution in [3.05, 3.63) is 47.5 Å². The third-order valence-corrected chi connectivity index (χ3v) is 10.1. The highest BCUT2D eigenvalue weighted by molar-refractivity contribution is 6.31. The number of halogens is 1. The quantitative estimate of drug-likeness (QED) is 0.370. The average molecular weight is 626 g/mol. The van der Waals surface area contributed by atoms with E-state index >= 15 is 0 Å². The third-order valence-electron chi connectivity index (χ3n) is 9.89. The van der Waals surface area contributed by atoms with Crippen LogP contribution in [0.2, 0.25) is 5.02 Å². The first-order chi connectivity index (χ1) is 20.8. The number of ketones is 2. The Kier molecular flexibility index (Phi) is 9.11. The maximum absolute atomic E-state index is 14.5. The van der Waals surface area contributed by atoms with E-state index in [1.807, 2.05) is 39.0 Å². The second-order valence-corrected chi connectivity index (χ2v) is 14.7. The number of hydrogen-bond donors (Lipinski definition) is 1. The summed E-state index contributed by atoms with van der Waals surface area (Å²) in [4.78, 5) is 62.1. The van der Waals surface area contributed by atoms with Crippen LogP contribution in [0.1, 0.15) is 78.2 Å². The molecule has 1 N–H and O–H groups in total. The Hall–Kier alpha value is -3.04. The minimum Gasteiger partial charge on any atom is -0.387 e. The first-order valence-electron chi connectivity index (χ1n) is 15.6. The summed E-state index contributed by atoms with van der Waals surface area (Å²) in [6, 6.07) is 5.65. The molecule has 5 rings (SSSR count). The van der Waals surface area contributed by atoms with E-state index in [-0.39, 0.29) is 54.6 Å². The van der Waals surface area contributed by atoms with E-state index in [9.17, 15) is 19.2 Å². The summed E-state index contributed by atoms with van der Waals surface area (Å²) in [5.74, 6) is -0.602. The lowest BCUT2D eigenvalue weighted by atomic mass is 9.84. The number of nitrogens with zero attached hydrogens (tertiary/aromatic N) is 2. The second-order valence-electron chi connectivity index (χ2n) is 14.2. The molecule has 1 saturated carbocycles. The van der Waals surface area contributed by atoms with E-state index in [1.54, 1.807) is 17.0 Å². The molecule has 1 aliphatic carbocycles. The minimum atomic E-state index is -0.910. The summed E-state index contributed by atoms with van der Waals surface area (Å²) in [5, 5.41) is 7.97. The van der Waals surface area contributed by atoms with Crippen LogP contribution in [0, 0.1) is 22.7 Å². The van der Waals surface area contributed by atoms with Crippen molar-refractivity contribution in [3.63, 3.8) is 0 Å². The Bertz CT molecular complexity index is 1360. The van der Waals surface area contributed by atoms with E-state index in [4.69, 9.17) is 21.2 Å². The molecule has 2 amide bonds. The lowest BCUT2D eigenvalue weighted by Crippen LogP contribution is -2.57. The van der Waals surface area contributed by atoms with E-state index < -0.39 is 28.5 Å². The van der Waals surface area contributed by atoms with Gasteiger partial charge >= 0.3 is 0 Å². The normalized spacial score (nSPS) is 29.1. The summed E-state index contributed by atoms with van der Waals surface area (Å²) in [5.41, 5.74) is -0.802. The van der Waals surface area contributed by atoms with Gasteiger partial charge in [-0.3, -0.25) is 19.2 Å². The number of likely N-dealkylation sites (tertiary alicyclic amines) is 1. The van der Waals surface area contributed by atoms with Gasteiger partial charge in [0.25, 0.3) is 0 Å². The van der Waals surface area contributed by atoms with Gasteiger partial charge in [-0.1, -0.05) is 55.7 Å². The highest BCUT2D eigenvalue weighted by Gasteiger charge is 2.60. The molecule has 3 heterocycles. The van der Waals surface area contributed by atoms with Crippen molar-refractivity contribution in [3.8, 4) is 0 Å². The van der Waals surface area contributed by atoms with Gasteiger partial charge in [-0.15, -0.1) is 6.58 Å². The maximum atomic E-state index is 14.5. The number of nitrogens with one attached hydrogen (secondary N) is 1. The highest BCUT2D eigenvalue weighted by Crippen LogP contribution is 2.57. The largest absolute Gasteiger partial charge is 0.387 e. The van der Waals surface area contributed by atoms with Gasteiger partial charge in [0.1, 0.15) is 11.8 Å². The number of carbonyl (C=O) groups is 4. The first-order valence-corrected chi connectivity index (χ1v) is 16.0. The smallest absolute Gasteiger partial charge is 0.246 e. The van der Waals surface area contributed by atoms with Crippen molar-refractivity contribution in [2.75, 3.05) is 19.8 Å². The summed E-state index contributed by atoms with van der Waals surface area (Å²) >= 11 is 6.23. The molecule has 3 aliphatic heterocycles. The molecule has 1 spiro atoms. The molecule has 0 bridgehead atoms. The summed E-state index contributed by atoms with van der Waals surface area (Å²) in [6.07, 6.45) is 4.92. The van der Waals surface area contributed by atoms with E-state index in [0.717, 1.165) is 18.4 Å². The fourth-order valence-corrected chi connectivity index (χ4v) is 7.25. The number of ether oxygens (including phenoxy) is 1. The molecule has 10 heteroatoms. The van der Waals surface area contributed by atoms with Crippen molar-refractivity contribution >= 4 is 40.7 Å². The summed E-state index contributed by atoms with van der Waals surface area (Å²) in [6.45, 7) is 12.5. The van der Waals surface area contributed by atoms with Crippen LogP contribution >= 0.6 is 11.6 Å². The highest BCUT2D eigenvalue weighted by atomic mass is 35.5. The molecule has 9 nitrogen and oxygen atoms in total. The van der Waals surface area contributed by atoms with Gasteiger partial charge in [0.2, 0.25) is 11.8 Å².